The van der Waals surface area contributed by atoms with Gasteiger partial charge in [0.25, 0.3) is 5.91 Å². The molecule has 0 atom stereocenters. The molecule has 0 fully saturated rings. The van der Waals surface area contributed by atoms with E-state index in [-0.39, 0.29) is 5.91 Å². The summed E-state index contributed by atoms with van der Waals surface area (Å²) in [6, 6.07) is 5.41. The van der Waals surface area contributed by atoms with E-state index in [0.717, 1.165) is 35.2 Å². The number of ether oxygens (including phenoxy) is 1. The zero-order valence-electron chi connectivity index (χ0n) is 11.1. The summed E-state index contributed by atoms with van der Waals surface area (Å²) in [5, 5.41) is 2.88. The first kappa shape index (κ1) is 16.5. The fourth-order valence-corrected chi connectivity index (χ4v) is 2.14. The van der Waals surface area contributed by atoms with E-state index in [4.69, 9.17) is 4.74 Å². The van der Waals surface area contributed by atoms with Gasteiger partial charge in [-0.15, -0.1) is 12.6 Å². The van der Waals surface area contributed by atoms with Gasteiger partial charge in [-0.1, -0.05) is 13.3 Å². The number of carbonyl (C=O) groups is 1. The fourth-order valence-electron chi connectivity index (χ4n) is 1.51. The average molecular weight is 346 g/mol. The van der Waals surface area contributed by atoms with Gasteiger partial charge in [0.15, 0.2) is 0 Å². The Hall–Kier alpha value is -0.520. The first-order chi connectivity index (χ1) is 9.15. The Morgan fingerprint density at radius 3 is 2.84 bits per heavy atom. The third-order valence-electron chi connectivity index (χ3n) is 2.59. The predicted molar refractivity (Wildman–Crippen MR) is 84.1 cm³/mol. The van der Waals surface area contributed by atoms with E-state index in [9.17, 15) is 4.79 Å². The highest BCUT2D eigenvalue weighted by Gasteiger charge is 2.09. The number of carbonyl (C=O) groups excluding carboxylic acids is 1. The molecule has 0 heterocycles. The third-order valence-corrected chi connectivity index (χ3v) is 3.56. The summed E-state index contributed by atoms with van der Waals surface area (Å²) in [4.78, 5) is 12.7. The molecular formula is C14H20BrNO2S. The van der Waals surface area contributed by atoms with Gasteiger partial charge in [0.05, 0.1) is 5.56 Å². The Labute approximate surface area is 128 Å². The van der Waals surface area contributed by atoms with Crippen LogP contribution >= 0.6 is 28.6 Å². The number of halogens is 1. The van der Waals surface area contributed by atoms with Crippen molar-refractivity contribution in [2.24, 2.45) is 0 Å². The van der Waals surface area contributed by atoms with Crippen molar-refractivity contribution in [1.82, 2.24) is 5.32 Å². The molecule has 1 N–H and O–H groups in total. The minimum atomic E-state index is -0.0867. The Morgan fingerprint density at radius 1 is 1.37 bits per heavy atom. The van der Waals surface area contributed by atoms with E-state index in [1.54, 1.807) is 6.07 Å². The first-order valence-electron chi connectivity index (χ1n) is 6.49. The van der Waals surface area contributed by atoms with Crippen LogP contribution in [0.5, 0.6) is 0 Å². The van der Waals surface area contributed by atoms with Crippen molar-refractivity contribution < 1.29 is 9.53 Å². The average Bonchev–Trinajstić information content (AvgIpc) is 2.40. The van der Waals surface area contributed by atoms with Crippen LogP contribution in [0.2, 0.25) is 0 Å². The van der Waals surface area contributed by atoms with Gasteiger partial charge in [-0.25, -0.2) is 0 Å². The van der Waals surface area contributed by atoms with Crippen molar-refractivity contribution in [3.63, 3.8) is 0 Å². The maximum absolute atomic E-state index is 11.9. The lowest BCUT2D eigenvalue weighted by molar-refractivity contribution is 0.0939. The van der Waals surface area contributed by atoms with E-state index in [1.165, 1.54) is 0 Å². The van der Waals surface area contributed by atoms with E-state index >= 15 is 0 Å². The highest BCUT2D eigenvalue weighted by Crippen LogP contribution is 2.20. The van der Waals surface area contributed by atoms with Crippen LogP contribution in [0.15, 0.2) is 27.6 Å². The maximum Gasteiger partial charge on any atom is 0.252 e. The molecule has 3 nitrogen and oxygen atoms in total. The van der Waals surface area contributed by atoms with Gasteiger partial charge < -0.3 is 10.1 Å². The van der Waals surface area contributed by atoms with E-state index < -0.39 is 0 Å². The molecule has 0 bridgehead atoms. The van der Waals surface area contributed by atoms with Crippen LogP contribution in [0.3, 0.4) is 0 Å². The number of thiol groups is 1. The first-order valence-corrected chi connectivity index (χ1v) is 7.73. The van der Waals surface area contributed by atoms with Crippen LogP contribution in [-0.2, 0) is 4.74 Å². The van der Waals surface area contributed by atoms with Crippen LogP contribution < -0.4 is 5.32 Å². The van der Waals surface area contributed by atoms with Gasteiger partial charge in [0, 0.05) is 29.1 Å². The molecular weight excluding hydrogens is 326 g/mol. The molecule has 0 spiro atoms. The third kappa shape index (κ3) is 6.45. The monoisotopic (exact) mass is 345 g/mol. The lowest BCUT2D eigenvalue weighted by Gasteiger charge is -2.08. The largest absolute Gasteiger partial charge is 0.381 e. The number of benzene rings is 1. The van der Waals surface area contributed by atoms with Gasteiger partial charge in [0.2, 0.25) is 0 Å². The van der Waals surface area contributed by atoms with Crippen molar-refractivity contribution in [3.8, 4) is 0 Å². The second-order valence-corrected chi connectivity index (χ2v) is 5.61. The smallest absolute Gasteiger partial charge is 0.252 e. The molecule has 0 aliphatic rings. The van der Waals surface area contributed by atoms with Gasteiger partial charge >= 0.3 is 0 Å². The molecule has 1 rings (SSSR count). The predicted octanol–water partition coefficient (Wildman–Crippen LogP) is 3.67. The Bertz CT molecular complexity index is 412. The molecule has 19 heavy (non-hydrogen) atoms. The van der Waals surface area contributed by atoms with Gasteiger partial charge in [-0.05, 0) is 47.0 Å². The molecule has 0 unspecified atom stereocenters. The normalized spacial score (nSPS) is 10.5. The van der Waals surface area contributed by atoms with Crippen molar-refractivity contribution in [2.75, 3.05) is 19.8 Å². The molecule has 0 saturated carbocycles. The Morgan fingerprint density at radius 2 is 2.11 bits per heavy atom. The molecule has 0 saturated heterocycles. The van der Waals surface area contributed by atoms with Crippen molar-refractivity contribution in [1.29, 1.82) is 0 Å². The second-order valence-electron chi connectivity index (χ2n) is 4.24. The summed E-state index contributed by atoms with van der Waals surface area (Å²) in [7, 11) is 0. The Kier molecular flexibility index (Phi) is 8.18. The molecule has 1 aromatic rings. The zero-order chi connectivity index (χ0) is 14.1. The van der Waals surface area contributed by atoms with Gasteiger partial charge in [-0.2, -0.15) is 0 Å². The fraction of sp³-hybridized carbons (Fsp3) is 0.500. The van der Waals surface area contributed by atoms with Crippen molar-refractivity contribution >= 4 is 34.5 Å². The van der Waals surface area contributed by atoms with E-state index in [1.807, 2.05) is 12.1 Å². The number of hydrogen-bond donors (Lipinski definition) is 2. The molecule has 106 valence electrons. The molecule has 0 aromatic heterocycles. The van der Waals surface area contributed by atoms with Crippen molar-refractivity contribution in [2.45, 2.75) is 31.1 Å². The Balaban J connectivity index is 2.26. The molecule has 1 amide bonds. The van der Waals surface area contributed by atoms with Crippen LogP contribution in [0.1, 0.15) is 36.5 Å². The van der Waals surface area contributed by atoms with Crippen LogP contribution in [0, 0.1) is 0 Å². The molecule has 0 aliphatic carbocycles. The molecule has 0 radical (unpaired) electrons. The topological polar surface area (TPSA) is 38.3 Å². The van der Waals surface area contributed by atoms with Crippen LogP contribution in [0.4, 0.5) is 0 Å². The van der Waals surface area contributed by atoms with Gasteiger partial charge in [0.1, 0.15) is 0 Å². The quantitative estimate of drug-likeness (QED) is 0.557. The standard InChI is InChI=1S/C14H20BrNO2S/c1-2-3-8-18-9-4-7-16-14(17)12-10-11(19)5-6-13(12)15/h5-6,10,19H,2-4,7-9H2,1H3,(H,16,17). The SMILES string of the molecule is CCCCOCCCNC(=O)c1cc(S)ccc1Br. The van der Waals surface area contributed by atoms with Gasteiger partial charge in [-0.3, -0.25) is 4.79 Å². The zero-order valence-corrected chi connectivity index (χ0v) is 13.6. The minimum absolute atomic E-state index is 0.0867. The van der Waals surface area contributed by atoms with E-state index in [0.29, 0.717) is 18.7 Å². The number of amides is 1. The molecule has 1 aromatic carbocycles. The van der Waals surface area contributed by atoms with Crippen molar-refractivity contribution in [3.05, 3.63) is 28.2 Å². The number of hydrogen-bond acceptors (Lipinski definition) is 3. The summed E-state index contributed by atoms with van der Waals surface area (Å²) in [5.41, 5.74) is 0.611. The lowest BCUT2D eigenvalue weighted by Crippen LogP contribution is -2.25. The summed E-state index contributed by atoms with van der Waals surface area (Å²) < 4.78 is 6.21. The minimum Gasteiger partial charge on any atom is -0.381 e. The summed E-state index contributed by atoms with van der Waals surface area (Å²) in [5.74, 6) is -0.0867. The van der Waals surface area contributed by atoms with Crippen LogP contribution in [-0.4, -0.2) is 25.7 Å². The van der Waals surface area contributed by atoms with Crippen LogP contribution in [0.25, 0.3) is 0 Å². The maximum atomic E-state index is 11.9. The second kappa shape index (κ2) is 9.39. The highest BCUT2D eigenvalue weighted by atomic mass is 79.9. The summed E-state index contributed by atoms with van der Waals surface area (Å²) in [6.45, 7) is 4.25. The highest BCUT2D eigenvalue weighted by molar-refractivity contribution is 9.10. The summed E-state index contributed by atoms with van der Waals surface area (Å²) >= 11 is 7.59. The number of rotatable bonds is 8. The molecule has 0 aliphatic heterocycles. The van der Waals surface area contributed by atoms with E-state index in [2.05, 4.69) is 40.8 Å². The summed E-state index contributed by atoms with van der Waals surface area (Å²) in [6.07, 6.45) is 3.06. The lowest BCUT2D eigenvalue weighted by atomic mass is 10.2. The number of unbranched alkanes of at least 4 members (excludes halogenated alkanes) is 1. The molecule has 5 heteroatoms. The number of nitrogens with one attached hydrogen (secondary N) is 1.